The molecule has 1 heterocycles. The molecule has 29 heavy (non-hydrogen) atoms. The number of anilines is 2. The lowest BCUT2D eigenvalue weighted by atomic mass is 10.1. The van der Waals surface area contributed by atoms with Crippen LogP contribution in [0.15, 0.2) is 47.6 Å². The van der Waals surface area contributed by atoms with E-state index in [0.29, 0.717) is 11.6 Å². The first kappa shape index (κ1) is 21.2. The summed E-state index contributed by atoms with van der Waals surface area (Å²) < 4.78 is 2.02. The second-order valence-electron chi connectivity index (χ2n) is 6.66. The van der Waals surface area contributed by atoms with Crippen LogP contribution in [0.4, 0.5) is 11.4 Å². The molecule has 0 bridgehead atoms. The van der Waals surface area contributed by atoms with Crippen LogP contribution in [0.5, 0.6) is 0 Å². The molecule has 0 saturated carbocycles. The topological polar surface area (TPSA) is 71.8 Å². The molecule has 1 amide bonds. The number of halogens is 1. The summed E-state index contributed by atoms with van der Waals surface area (Å²) in [6.07, 6.45) is 0. The highest BCUT2D eigenvalue weighted by Gasteiger charge is 2.13. The second kappa shape index (κ2) is 9.80. The first-order chi connectivity index (χ1) is 14.0. The molecule has 3 aromatic rings. The van der Waals surface area contributed by atoms with Crippen molar-refractivity contribution in [1.29, 1.82) is 0 Å². The molecule has 0 aliphatic carbocycles. The van der Waals surface area contributed by atoms with Gasteiger partial charge in [0.15, 0.2) is 11.0 Å². The van der Waals surface area contributed by atoms with Crippen molar-refractivity contribution < 1.29 is 4.79 Å². The lowest BCUT2D eigenvalue weighted by Crippen LogP contribution is -2.15. The van der Waals surface area contributed by atoms with E-state index in [4.69, 9.17) is 11.6 Å². The summed E-state index contributed by atoms with van der Waals surface area (Å²) in [5.74, 6) is 0.997. The predicted molar refractivity (Wildman–Crippen MR) is 120 cm³/mol. The molecule has 152 valence electrons. The zero-order valence-corrected chi connectivity index (χ0v) is 18.3. The van der Waals surface area contributed by atoms with Crippen molar-refractivity contribution in [3.63, 3.8) is 0 Å². The Balaban J connectivity index is 1.58. The fraction of sp³-hybridized carbons (Fsp3) is 0.286. The maximum absolute atomic E-state index is 12.2. The highest BCUT2D eigenvalue weighted by molar-refractivity contribution is 7.99. The highest BCUT2D eigenvalue weighted by atomic mass is 35.5. The molecule has 2 N–H and O–H groups in total. The number of benzene rings is 2. The molecule has 0 saturated heterocycles. The van der Waals surface area contributed by atoms with E-state index in [1.54, 1.807) is 24.3 Å². The van der Waals surface area contributed by atoms with Gasteiger partial charge in [-0.15, -0.1) is 10.2 Å². The summed E-state index contributed by atoms with van der Waals surface area (Å²) >= 11 is 7.24. The standard InChI is InChI=1S/C21H24ClN5OS/c1-4-27-19(12-23-18-10-5-14(2)11-15(18)3)25-26-21(27)29-13-20(28)24-17-8-6-16(22)7-9-17/h5-11,23H,4,12-13H2,1-3H3,(H,24,28). The largest absolute Gasteiger partial charge is 0.378 e. The second-order valence-corrected chi connectivity index (χ2v) is 8.04. The van der Waals surface area contributed by atoms with Gasteiger partial charge in [0.1, 0.15) is 0 Å². The Bertz CT molecular complexity index is 987. The van der Waals surface area contributed by atoms with Gasteiger partial charge in [-0.2, -0.15) is 0 Å². The minimum absolute atomic E-state index is 0.0991. The van der Waals surface area contributed by atoms with E-state index in [9.17, 15) is 4.79 Å². The summed E-state index contributed by atoms with van der Waals surface area (Å²) in [5.41, 5.74) is 4.23. The molecule has 3 rings (SSSR count). The van der Waals surface area contributed by atoms with Crippen LogP contribution in [0.2, 0.25) is 5.02 Å². The summed E-state index contributed by atoms with van der Waals surface area (Å²) in [4.78, 5) is 12.2. The average molecular weight is 430 g/mol. The first-order valence-corrected chi connectivity index (χ1v) is 10.7. The number of hydrogen-bond acceptors (Lipinski definition) is 5. The zero-order chi connectivity index (χ0) is 20.8. The Morgan fingerprint density at radius 3 is 2.59 bits per heavy atom. The smallest absolute Gasteiger partial charge is 0.234 e. The number of amides is 1. The number of thioether (sulfide) groups is 1. The maximum atomic E-state index is 12.2. The number of aromatic nitrogens is 3. The van der Waals surface area contributed by atoms with Crippen molar-refractivity contribution in [2.45, 2.75) is 39.0 Å². The Labute approximate surface area is 180 Å². The third kappa shape index (κ3) is 5.74. The minimum Gasteiger partial charge on any atom is -0.378 e. The van der Waals surface area contributed by atoms with Gasteiger partial charge in [-0.3, -0.25) is 4.79 Å². The van der Waals surface area contributed by atoms with E-state index >= 15 is 0 Å². The van der Waals surface area contributed by atoms with Crippen molar-refractivity contribution >= 4 is 40.6 Å². The van der Waals surface area contributed by atoms with Gasteiger partial charge in [-0.05, 0) is 56.7 Å². The summed E-state index contributed by atoms with van der Waals surface area (Å²) in [5, 5.41) is 16.2. The Morgan fingerprint density at radius 2 is 1.90 bits per heavy atom. The van der Waals surface area contributed by atoms with Crippen molar-refractivity contribution in [3.8, 4) is 0 Å². The predicted octanol–water partition coefficient (Wildman–Crippen LogP) is 4.91. The van der Waals surface area contributed by atoms with Crippen molar-refractivity contribution in [1.82, 2.24) is 14.8 Å². The molecular weight excluding hydrogens is 406 g/mol. The van der Waals surface area contributed by atoms with Gasteiger partial charge in [-0.25, -0.2) is 0 Å². The van der Waals surface area contributed by atoms with Gasteiger partial charge in [0, 0.05) is 22.9 Å². The SMILES string of the molecule is CCn1c(CNc2ccc(C)cc2C)nnc1SCC(=O)Nc1ccc(Cl)cc1. The number of nitrogens with one attached hydrogen (secondary N) is 2. The number of carbonyl (C=O) groups excluding carboxylic acids is 1. The van der Waals surface area contributed by atoms with Gasteiger partial charge in [0.25, 0.3) is 0 Å². The van der Waals surface area contributed by atoms with Crippen LogP contribution in [0, 0.1) is 13.8 Å². The van der Waals surface area contributed by atoms with Crippen LogP contribution >= 0.6 is 23.4 Å². The summed E-state index contributed by atoms with van der Waals surface area (Å²) in [7, 11) is 0. The number of nitrogens with zero attached hydrogens (tertiary/aromatic N) is 3. The van der Waals surface area contributed by atoms with Crippen LogP contribution in [-0.2, 0) is 17.9 Å². The number of rotatable bonds is 8. The molecule has 0 spiro atoms. The van der Waals surface area contributed by atoms with Crippen LogP contribution in [-0.4, -0.2) is 26.4 Å². The summed E-state index contributed by atoms with van der Waals surface area (Å²) in [6, 6.07) is 13.3. The van der Waals surface area contributed by atoms with Gasteiger partial charge in [-0.1, -0.05) is 41.1 Å². The number of hydrogen-bond donors (Lipinski definition) is 2. The fourth-order valence-corrected chi connectivity index (χ4v) is 3.87. The molecule has 1 aromatic heterocycles. The van der Waals surface area contributed by atoms with E-state index in [-0.39, 0.29) is 11.7 Å². The molecule has 2 aromatic carbocycles. The zero-order valence-electron chi connectivity index (χ0n) is 16.7. The quantitative estimate of drug-likeness (QED) is 0.498. The van der Waals surface area contributed by atoms with Gasteiger partial charge < -0.3 is 15.2 Å². The molecule has 0 radical (unpaired) electrons. The lowest BCUT2D eigenvalue weighted by Gasteiger charge is -2.11. The molecule has 0 aliphatic rings. The molecule has 0 unspecified atom stereocenters. The van der Waals surface area contributed by atoms with Crippen LogP contribution in [0.3, 0.4) is 0 Å². The van der Waals surface area contributed by atoms with E-state index in [2.05, 4.69) is 52.9 Å². The lowest BCUT2D eigenvalue weighted by molar-refractivity contribution is -0.113. The average Bonchev–Trinajstić information content (AvgIpc) is 3.09. The van der Waals surface area contributed by atoms with E-state index in [1.807, 2.05) is 11.5 Å². The molecule has 0 atom stereocenters. The van der Waals surface area contributed by atoms with E-state index in [1.165, 1.54) is 22.9 Å². The fourth-order valence-electron chi connectivity index (χ4n) is 2.92. The molecule has 8 heteroatoms. The normalized spacial score (nSPS) is 10.8. The number of carbonyl (C=O) groups is 1. The van der Waals surface area contributed by atoms with Crippen molar-refractivity contribution in [3.05, 3.63) is 64.4 Å². The molecule has 0 aliphatic heterocycles. The minimum atomic E-state index is -0.0991. The van der Waals surface area contributed by atoms with E-state index in [0.717, 1.165) is 28.9 Å². The van der Waals surface area contributed by atoms with Gasteiger partial charge in [0.05, 0.1) is 12.3 Å². The molecule has 0 fully saturated rings. The van der Waals surface area contributed by atoms with E-state index < -0.39 is 0 Å². The monoisotopic (exact) mass is 429 g/mol. The van der Waals surface area contributed by atoms with Gasteiger partial charge >= 0.3 is 0 Å². The Hall–Kier alpha value is -2.51. The Morgan fingerprint density at radius 1 is 1.14 bits per heavy atom. The van der Waals surface area contributed by atoms with Crippen LogP contribution < -0.4 is 10.6 Å². The number of aryl methyl sites for hydroxylation is 2. The third-order valence-corrected chi connectivity index (χ3v) is 5.61. The maximum Gasteiger partial charge on any atom is 0.234 e. The summed E-state index contributed by atoms with van der Waals surface area (Å²) in [6.45, 7) is 7.51. The van der Waals surface area contributed by atoms with Crippen LogP contribution in [0.25, 0.3) is 0 Å². The molecular formula is C21H24ClN5OS. The Kier molecular flexibility index (Phi) is 7.17. The first-order valence-electron chi connectivity index (χ1n) is 9.37. The van der Waals surface area contributed by atoms with Crippen molar-refractivity contribution in [2.24, 2.45) is 0 Å². The van der Waals surface area contributed by atoms with Crippen LogP contribution in [0.1, 0.15) is 23.9 Å². The van der Waals surface area contributed by atoms with Gasteiger partial charge in [0.2, 0.25) is 5.91 Å². The third-order valence-electron chi connectivity index (χ3n) is 4.39. The molecule has 6 nitrogen and oxygen atoms in total. The van der Waals surface area contributed by atoms with Crippen molar-refractivity contribution in [2.75, 3.05) is 16.4 Å². The highest BCUT2D eigenvalue weighted by Crippen LogP contribution is 2.20.